The molecule has 0 aliphatic carbocycles. The van der Waals surface area contributed by atoms with Gasteiger partial charge < -0.3 is 9.67 Å². The Morgan fingerprint density at radius 3 is 2.86 bits per heavy atom. The predicted molar refractivity (Wildman–Crippen MR) is 55.3 cm³/mol. The second kappa shape index (κ2) is 3.09. The minimum atomic E-state index is -0.197. The third-order valence-electron chi connectivity index (χ3n) is 2.75. The molecule has 0 amide bonds. The fourth-order valence-electron chi connectivity index (χ4n) is 1.77. The first-order chi connectivity index (χ1) is 6.47. The Hall–Kier alpha value is -0.830. The molecule has 1 aromatic heterocycles. The zero-order valence-corrected chi connectivity index (χ0v) is 9.12. The number of hydrogen-bond acceptors (Lipinski definition) is 2. The second-order valence-corrected chi connectivity index (χ2v) is 5.13. The number of aromatic nitrogens is 2. The number of rotatable bonds is 0. The van der Waals surface area contributed by atoms with Crippen LogP contribution in [0.1, 0.15) is 38.7 Å². The van der Waals surface area contributed by atoms with Crippen molar-refractivity contribution in [3.63, 3.8) is 0 Å². The van der Waals surface area contributed by atoms with E-state index in [0.29, 0.717) is 6.42 Å². The minimum absolute atomic E-state index is 0.106. The Morgan fingerprint density at radius 2 is 2.21 bits per heavy atom. The molecule has 0 spiro atoms. The Morgan fingerprint density at radius 1 is 1.50 bits per heavy atom. The Bertz CT molecular complexity index is 336. The molecule has 3 nitrogen and oxygen atoms in total. The molecule has 0 fully saturated rings. The zero-order valence-electron chi connectivity index (χ0n) is 9.12. The monoisotopic (exact) mass is 194 g/mol. The van der Waals surface area contributed by atoms with Gasteiger partial charge in [-0.15, -0.1) is 0 Å². The lowest BCUT2D eigenvalue weighted by molar-refractivity contribution is 0.141. The summed E-state index contributed by atoms with van der Waals surface area (Å²) >= 11 is 0. The van der Waals surface area contributed by atoms with Gasteiger partial charge in [-0.3, -0.25) is 0 Å². The van der Waals surface area contributed by atoms with Gasteiger partial charge >= 0.3 is 0 Å². The van der Waals surface area contributed by atoms with E-state index in [0.717, 1.165) is 24.5 Å². The largest absolute Gasteiger partial charge is 0.393 e. The Balaban J connectivity index is 2.32. The van der Waals surface area contributed by atoms with Crippen molar-refractivity contribution in [3.05, 3.63) is 17.7 Å². The van der Waals surface area contributed by atoms with Gasteiger partial charge in [-0.2, -0.15) is 0 Å². The van der Waals surface area contributed by atoms with Crippen LogP contribution in [-0.4, -0.2) is 20.8 Å². The lowest BCUT2D eigenvalue weighted by Crippen LogP contribution is -2.22. The van der Waals surface area contributed by atoms with E-state index in [-0.39, 0.29) is 11.5 Å². The van der Waals surface area contributed by atoms with Crippen molar-refractivity contribution in [3.8, 4) is 0 Å². The highest BCUT2D eigenvalue weighted by atomic mass is 16.3. The summed E-state index contributed by atoms with van der Waals surface area (Å²) in [7, 11) is 0. The van der Waals surface area contributed by atoms with Crippen molar-refractivity contribution in [1.82, 2.24) is 9.55 Å². The van der Waals surface area contributed by atoms with Crippen molar-refractivity contribution >= 4 is 0 Å². The summed E-state index contributed by atoms with van der Waals surface area (Å²) < 4.78 is 2.17. The SMILES string of the molecule is CC(C)(C)c1cn2c(n1)CC(O)CC2. The van der Waals surface area contributed by atoms with Gasteiger partial charge in [-0.05, 0) is 6.42 Å². The maximum atomic E-state index is 9.51. The summed E-state index contributed by atoms with van der Waals surface area (Å²) in [6.07, 6.45) is 3.49. The quantitative estimate of drug-likeness (QED) is 0.679. The zero-order chi connectivity index (χ0) is 10.3. The lowest BCUT2D eigenvalue weighted by Gasteiger charge is -2.18. The van der Waals surface area contributed by atoms with E-state index in [2.05, 4.69) is 36.5 Å². The van der Waals surface area contributed by atoms with Crippen LogP contribution in [0.2, 0.25) is 0 Å². The van der Waals surface area contributed by atoms with Crippen LogP contribution < -0.4 is 0 Å². The number of aryl methyl sites for hydroxylation is 1. The van der Waals surface area contributed by atoms with E-state index >= 15 is 0 Å². The van der Waals surface area contributed by atoms with Crippen molar-refractivity contribution in [2.45, 2.75) is 51.7 Å². The number of fused-ring (bicyclic) bond motifs is 1. The fraction of sp³-hybridized carbons (Fsp3) is 0.727. The van der Waals surface area contributed by atoms with Crippen LogP contribution in [0.5, 0.6) is 0 Å². The molecule has 0 saturated carbocycles. The molecule has 1 N–H and O–H groups in total. The Kier molecular flexibility index (Phi) is 2.14. The topological polar surface area (TPSA) is 38.0 Å². The molecule has 0 bridgehead atoms. The fourth-order valence-corrected chi connectivity index (χ4v) is 1.77. The minimum Gasteiger partial charge on any atom is -0.393 e. The van der Waals surface area contributed by atoms with Crippen LogP contribution in [0.3, 0.4) is 0 Å². The van der Waals surface area contributed by atoms with Crippen molar-refractivity contribution in [1.29, 1.82) is 0 Å². The van der Waals surface area contributed by atoms with E-state index in [1.807, 2.05) is 0 Å². The first kappa shape index (κ1) is 9.71. The highest BCUT2D eigenvalue weighted by molar-refractivity contribution is 5.14. The van der Waals surface area contributed by atoms with E-state index in [9.17, 15) is 5.11 Å². The van der Waals surface area contributed by atoms with E-state index < -0.39 is 0 Å². The molecule has 78 valence electrons. The van der Waals surface area contributed by atoms with E-state index in [1.165, 1.54) is 0 Å². The Labute approximate surface area is 84.8 Å². The summed E-state index contributed by atoms with van der Waals surface area (Å²) in [5.74, 6) is 1.04. The van der Waals surface area contributed by atoms with Gasteiger partial charge in [-0.25, -0.2) is 4.98 Å². The summed E-state index contributed by atoms with van der Waals surface area (Å²) in [4.78, 5) is 4.58. The molecular weight excluding hydrogens is 176 g/mol. The molecule has 0 aromatic carbocycles. The first-order valence-corrected chi connectivity index (χ1v) is 5.21. The maximum Gasteiger partial charge on any atom is 0.111 e. The smallest absolute Gasteiger partial charge is 0.111 e. The molecule has 1 unspecified atom stereocenters. The molecule has 3 heteroatoms. The van der Waals surface area contributed by atoms with E-state index in [1.54, 1.807) is 0 Å². The molecule has 1 aromatic rings. The van der Waals surface area contributed by atoms with Crippen molar-refractivity contribution in [2.75, 3.05) is 0 Å². The van der Waals surface area contributed by atoms with Crippen LogP contribution in [0.15, 0.2) is 6.20 Å². The van der Waals surface area contributed by atoms with Gasteiger partial charge in [-0.1, -0.05) is 20.8 Å². The average molecular weight is 194 g/mol. The van der Waals surface area contributed by atoms with Crippen LogP contribution >= 0.6 is 0 Å². The van der Waals surface area contributed by atoms with Crippen molar-refractivity contribution in [2.24, 2.45) is 0 Å². The third-order valence-corrected chi connectivity index (χ3v) is 2.75. The first-order valence-electron chi connectivity index (χ1n) is 5.21. The van der Waals surface area contributed by atoms with Crippen LogP contribution in [0.25, 0.3) is 0 Å². The highest BCUT2D eigenvalue weighted by Gasteiger charge is 2.23. The average Bonchev–Trinajstić information content (AvgIpc) is 2.45. The van der Waals surface area contributed by atoms with Gasteiger partial charge in [0.05, 0.1) is 11.8 Å². The van der Waals surface area contributed by atoms with Gasteiger partial charge in [0.15, 0.2) is 0 Å². The highest BCUT2D eigenvalue weighted by Crippen LogP contribution is 2.24. The van der Waals surface area contributed by atoms with Crippen molar-refractivity contribution < 1.29 is 5.11 Å². The second-order valence-electron chi connectivity index (χ2n) is 5.13. The summed E-state index contributed by atoms with van der Waals surface area (Å²) in [5.41, 5.74) is 1.23. The predicted octanol–water partition coefficient (Wildman–Crippen LogP) is 1.49. The van der Waals surface area contributed by atoms with Crippen LogP contribution in [0, 0.1) is 0 Å². The number of hydrogen-bond donors (Lipinski definition) is 1. The number of aliphatic hydroxyl groups is 1. The summed E-state index contributed by atoms with van der Waals surface area (Å²) in [5, 5.41) is 9.51. The molecule has 1 aliphatic heterocycles. The number of nitrogens with zero attached hydrogens (tertiary/aromatic N) is 2. The van der Waals surface area contributed by atoms with Gasteiger partial charge in [0, 0.05) is 24.6 Å². The standard InChI is InChI=1S/C11H18N2O/c1-11(2,3)9-7-13-5-4-8(14)6-10(13)12-9/h7-8,14H,4-6H2,1-3H3. The summed E-state index contributed by atoms with van der Waals surface area (Å²) in [6.45, 7) is 7.40. The maximum absolute atomic E-state index is 9.51. The molecule has 1 atom stereocenters. The molecule has 14 heavy (non-hydrogen) atoms. The lowest BCUT2D eigenvalue weighted by atomic mass is 9.93. The van der Waals surface area contributed by atoms with Gasteiger partial charge in [0.1, 0.15) is 5.82 Å². The molecule has 1 aliphatic rings. The van der Waals surface area contributed by atoms with Gasteiger partial charge in [0.2, 0.25) is 0 Å². The van der Waals surface area contributed by atoms with Crippen LogP contribution in [0.4, 0.5) is 0 Å². The molecule has 0 saturated heterocycles. The molecular formula is C11H18N2O. The van der Waals surface area contributed by atoms with E-state index in [4.69, 9.17) is 0 Å². The number of imidazole rings is 1. The third kappa shape index (κ3) is 1.69. The molecule has 2 heterocycles. The molecule has 0 radical (unpaired) electrons. The van der Waals surface area contributed by atoms with Crippen LogP contribution in [-0.2, 0) is 18.4 Å². The summed E-state index contributed by atoms with van der Waals surface area (Å²) in [6, 6.07) is 0. The molecule has 2 rings (SSSR count). The number of aliphatic hydroxyl groups excluding tert-OH is 1. The normalized spacial score (nSPS) is 22.1. The van der Waals surface area contributed by atoms with Gasteiger partial charge in [0.25, 0.3) is 0 Å².